The number of rotatable bonds is 9. The minimum Gasteiger partial charge on any atom is -0.469 e. The molecule has 3 aromatic carbocycles. The maximum Gasteiger partial charge on any atom is 0.353 e. The van der Waals surface area contributed by atoms with Crippen molar-refractivity contribution in [2.24, 2.45) is 0 Å². The summed E-state index contributed by atoms with van der Waals surface area (Å²) < 4.78 is 15.5. The summed E-state index contributed by atoms with van der Waals surface area (Å²) in [6.45, 7) is 0. The van der Waals surface area contributed by atoms with Crippen LogP contribution in [0.1, 0.15) is 27.8 Å². The van der Waals surface area contributed by atoms with E-state index in [1.54, 1.807) is 54.6 Å². The number of carbonyl (C=O) groups is 3. The highest BCUT2D eigenvalue weighted by molar-refractivity contribution is 5.92. The van der Waals surface area contributed by atoms with Crippen LogP contribution in [0.25, 0.3) is 22.5 Å². The molecule has 0 amide bonds. The van der Waals surface area contributed by atoms with E-state index in [2.05, 4.69) is 9.97 Å². The van der Waals surface area contributed by atoms with E-state index in [0.717, 1.165) is 7.11 Å². The van der Waals surface area contributed by atoms with Crippen molar-refractivity contribution < 1.29 is 33.5 Å². The molecule has 40 heavy (non-hydrogen) atoms. The molecule has 0 N–H and O–H groups in total. The number of aromatic nitrogens is 2. The second-order valence-electron chi connectivity index (χ2n) is 8.36. The van der Waals surface area contributed by atoms with Gasteiger partial charge in [-0.3, -0.25) is 14.9 Å². The summed E-state index contributed by atoms with van der Waals surface area (Å²) in [6, 6.07) is 22.3. The van der Waals surface area contributed by atoms with Crippen LogP contribution in [0.15, 0.2) is 84.9 Å². The number of nitro groups is 1. The van der Waals surface area contributed by atoms with Crippen LogP contribution in [0, 0.1) is 10.1 Å². The van der Waals surface area contributed by atoms with E-state index in [0.29, 0.717) is 5.56 Å². The molecule has 11 nitrogen and oxygen atoms in total. The molecule has 0 saturated carbocycles. The summed E-state index contributed by atoms with van der Waals surface area (Å²) in [6.07, 6.45) is -2.01. The molecule has 0 saturated heterocycles. The molecule has 0 bridgehead atoms. The van der Waals surface area contributed by atoms with E-state index in [9.17, 15) is 24.5 Å². The van der Waals surface area contributed by atoms with Crippen LogP contribution in [-0.2, 0) is 30.2 Å². The lowest BCUT2D eigenvalue weighted by molar-refractivity contribution is -0.384. The molecule has 0 spiro atoms. The van der Waals surface area contributed by atoms with Crippen molar-refractivity contribution in [2.75, 3.05) is 14.2 Å². The molecule has 0 aliphatic carbocycles. The van der Waals surface area contributed by atoms with E-state index >= 15 is 0 Å². The normalized spacial score (nSPS) is 11.2. The number of benzene rings is 3. The van der Waals surface area contributed by atoms with Gasteiger partial charge < -0.3 is 14.2 Å². The van der Waals surface area contributed by atoms with Gasteiger partial charge in [-0.15, -0.1) is 0 Å². The number of nitro benzene ring substituents is 1. The predicted molar refractivity (Wildman–Crippen MR) is 142 cm³/mol. The van der Waals surface area contributed by atoms with Gasteiger partial charge in [-0.1, -0.05) is 60.7 Å². The molecule has 1 atom stereocenters. The van der Waals surface area contributed by atoms with Crippen molar-refractivity contribution in [3.63, 3.8) is 0 Å². The summed E-state index contributed by atoms with van der Waals surface area (Å²) in [5.74, 6) is -2.43. The van der Waals surface area contributed by atoms with E-state index in [1.807, 2.05) is 0 Å². The summed E-state index contributed by atoms with van der Waals surface area (Å²) in [7, 11) is 2.35. The average molecular weight is 542 g/mol. The molecule has 1 heterocycles. The molecule has 1 aromatic heterocycles. The summed E-state index contributed by atoms with van der Waals surface area (Å²) in [5.41, 5.74) is 1.04. The van der Waals surface area contributed by atoms with Crippen LogP contribution >= 0.6 is 0 Å². The van der Waals surface area contributed by atoms with E-state index in [1.165, 1.54) is 37.4 Å². The van der Waals surface area contributed by atoms with Gasteiger partial charge in [0, 0.05) is 23.3 Å². The zero-order valence-corrected chi connectivity index (χ0v) is 21.5. The smallest absolute Gasteiger partial charge is 0.353 e. The highest BCUT2D eigenvalue weighted by Crippen LogP contribution is 2.35. The first-order valence-corrected chi connectivity index (χ1v) is 11.9. The fraction of sp³-hybridized carbons (Fsp3) is 0.138. The van der Waals surface area contributed by atoms with E-state index < -0.39 is 28.9 Å². The SMILES string of the molecule is COC(=O)Cc1nc(-c2cccc([N+](=O)[O-])c2)nc(C(OC(=O)c2ccccc2)C(=O)OC)c1-c1ccccc1. The van der Waals surface area contributed by atoms with Gasteiger partial charge >= 0.3 is 17.9 Å². The number of methoxy groups -OCH3 is 2. The predicted octanol–water partition coefficient (Wildman–Crippen LogP) is 4.51. The van der Waals surface area contributed by atoms with Gasteiger partial charge in [0.1, 0.15) is 5.69 Å². The van der Waals surface area contributed by atoms with Crippen LogP contribution < -0.4 is 0 Å². The number of esters is 3. The van der Waals surface area contributed by atoms with Gasteiger partial charge in [-0.25, -0.2) is 19.6 Å². The molecular formula is C29H23N3O8. The third kappa shape index (κ3) is 6.16. The lowest BCUT2D eigenvalue weighted by Gasteiger charge is -2.21. The number of ether oxygens (including phenoxy) is 3. The standard InChI is InChI=1S/C29H23N3O8/c1-38-23(33)17-22-24(18-10-5-3-6-11-18)25(31-27(30-22)20-14-9-15-21(16-20)32(36)37)26(29(35)39-2)40-28(34)19-12-7-4-8-13-19/h3-16,26H,17H2,1-2H3. The fourth-order valence-electron chi connectivity index (χ4n) is 3.93. The van der Waals surface area contributed by atoms with Crippen molar-refractivity contribution in [1.29, 1.82) is 0 Å². The van der Waals surface area contributed by atoms with Crippen molar-refractivity contribution >= 4 is 23.6 Å². The first-order valence-electron chi connectivity index (χ1n) is 11.9. The Kier molecular flexibility index (Phi) is 8.55. The Balaban J connectivity index is 2.00. The fourth-order valence-corrected chi connectivity index (χ4v) is 3.93. The summed E-state index contributed by atoms with van der Waals surface area (Å²) >= 11 is 0. The van der Waals surface area contributed by atoms with Crippen LogP contribution in [0.3, 0.4) is 0 Å². The van der Waals surface area contributed by atoms with Crippen LogP contribution in [0.4, 0.5) is 5.69 Å². The average Bonchev–Trinajstić information content (AvgIpc) is 2.99. The molecular weight excluding hydrogens is 518 g/mol. The number of carbonyl (C=O) groups excluding carboxylic acids is 3. The summed E-state index contributed by atoms with van der Waals surface area (Å²) in [5, 5.41) is 11.4. The molecule has 0 radical (unpaired) electrons. The monoisotopic (exact) mass is 541 g/mol. The first-order chi connectivity index (χ1) is 19.3. The second kappa shape index (κ2) is 12.4. The Hall–Kier alpha value is -5.45. The Morgan fingerprint density at radius 1 is 0.850 bits per heavy atom. The number of nitrogens with zero attached hydrogens (tertiary/aromatic N) is 3. The van der Waals surface area contributed by atoms with E-state index in [-0.39, 0.29) is 46.0 Å². The summed E-state index contributed by atoms with van der Waals surface area (Å²) in [4.78, 5) is 58.6. The highest BCUT2D eigenvalue weighted by Gasteiger charge is 2.34. The van der Waals surface area contributed by atoms with Crippen molar-refractivity contribution in [3.05, 3.63) is 112 Å². The number of non-ortho nitro benzene ring substituents is 1. The Morgan fingerprint density at radius 3 is 2.12 bits per heavy atom. The highest BCUT2D eigenvalue weighted by atomic mass is 16.6. The maximum atomic E-state index is 13.1. The Bertz CT molecular complexity index is 1560. The lowest BCUT2D eigenvalue weighted by atomic mass is 9.96. The van der Waals surface area contributed by atoms with Crippen LogP contribution in [0.5, 0.6) is 0 Å². The largest absolute Gasteiger partial charge is 0.469 e. The maximum absolute atomic E-state index is 13.1. The van der Waals surface area contributed by atoms with Gasteiger partial charge in [0.05, 0.1) is 36.8 Å². The molecule has 202 valence electrons. The molecule has 4 aromatic rings. The Morgan fingerprint density at radius 2 is 1.50 bits per heavy atom. The molecule has 4 rings (SSSR count). The van der Waals surface area contributed by atoms with Gasteiger partial charge in [0.15, 0.2) is 5.82 Å². The third-order valence-corrected chi connectivity index (χ3v) is 5.83. The number of hydrogen-bond donors (Lipinski definition) is 0. The molecule has 0 aliphatic rings. The van der Waals surface area contributed by atoms with Crippen molar-refractivity contribution in [1.82, 2.24) is 9.97 Å². The zero-order chi connectivity index (χ0) is 28.6. The molecule has 11 heteroatoms. The van der Waals surface area contributed by atoms with Gasteiger partial charge in [-0.2, -0.15) is 0 Å². The zero-order valence-electron chi connectivity index (χ0n) is 21.5. The van der Waals surface area contributed by atoms with Crippen molar-refractivity contribution in [2.45, 2.75) is 12.5 Å². The van der Waals surface area contributed by atoms with Crippen molar-refractivity contribution in [3.8, 4) is 22.5 Å². The lowest BCUT2D eigenvalue weighted by Crippen LogP contribution is -2.24. The number of hydrogen-bond acceptors (Lipinski definition) is 10. The quantitative estimate of drug-likeness (QED) is 0.128. The minimum absolute atomic E-state index is 0.0399. The molecule has 0 fully saturated rings. The van der Waals surface area contributed by atoms with Gasteiger partial charge in [0.25, 0.3) is 5.69 Å². The van der Waals surface area contributed by atoms with Crippen LogP contribution in [0.2, 0.25) is 0 Å². The molecule has 1 unspecified atom stereocenters. The molecule has 0 aliphatic heterocycles. The van der Waals surface area contributed by atoms with Gasteiger partial charge in [0.2, 0.25) is 6.10 Å². The first kappa shape index (κ1) is 27.6. The van der Waals surface area contributed by atoms with Gasteiger partial charge in [-0.05, 0) is 17.7 Å². The minimum atomic E-state index is -1.68. The third-order valence-electron chi connectivity index (χ3n) is 5.83. The van der Waals surface area contributed by atoms with Crippen LogP contribution in [-0.4, -0.2) is 47.0 Å². The second-order valence-corrected chi connectivity index (χ2v) is 8.36. The topological polar surface area (TPSA) is 148 Å². The Labute approximate surface area is 228 Å². The van der Waals surface area contributed by atoms with E-state index in [4.69, 9.17) is 14.2 Å².